The molecule has 2 rings (SSSR count). The van der Waals surface area contributed by atoms with Crippen LogP contribution in [0.1, 0.15) is 18.4 Å². The summed E-state index contributed by atoms with van der Waals surface area (Å²) >= 11 is 0. The summed E-state index contributed by atoms with van der Waals surface area (Å²) in [5.74, 6) is -0.305. The van der Waals surface area contributed by atoms with Crippen molar-refractivity contribution in [1.82, 2.24) is 0 Å². The molecule has 0 spiro atoms. The van der Waals surface area contributed by atoms with Gasteiger partial charge in [-0.05, 0) is 11.6 Å². The van der Waals surface area contributed by atoms with Gasteiger partial charge in [-0.25, -0.2) is 4.39 Å². The Morgan fingerprint density at radius 2 is 2.11 bits per heavy atom. The van der Waals surface area contributed by atoms with Crippen LogP contribution in [0.15, 0.2) is 18.2 Å². The van der Waals surface area contributed by atoms with E-state index in [4.69, 9.17) is 10.5 Å². The smallest absolute Gasteiger partial charge is 0.146 e. The SMILES string of the molecule is CN(CC1(O)CCOCC1)c1c(F)cccc1CN. The zero-order valence-corrected chi connectivity index (χ0v) is 11.2. The van der Waals surface area contributed by atoms with Crippen molar-refractivity contribution in [3.8, 4) is 0 Å². The fourth-order valence-corrected chi connectivity index (χ4v) is 2.58. The standard InChI is InChI=1S/C14H21FN2O2/c1-17(10-14(18)5-7-19-8-6-14)13-11(9-16)3-2-4-12(13)15/h2-4,18H,5-10,16H2,1H3. The van der Waals surface area contributed by atoms with Gasteiger partial charge < -0.3 is 20.5 Å². The second kappa shape index (κ2) is 5.86. The summed E-state index contributed by atoms with van der Waals surface area (Å²) in [6.45, 7) is 1.75. The van der Waals surface area contributed by atoms with Crippen LogP contribution in [0.4, 0.5) is 10.1 Å². The molecule has 1 aliphatic heterocycles. The van der Waals surface area contributed by atoms with Crippen molar-refractivity contribution in [2.75, 3.05) is 31.7 Å². The lowest BCUT2D eigenvalue weighted by molar-refractivity contribution is -0.0573. The predicted octanol–water partition coefficient (Wildman–Crippen LogP) is 1.26. The monoisotopic (exact) mass is 268 g/mol. The van der Waals surface area contributed by atoms with Gasteiger partial charge in [-0.1, -0.05) is 12.1 Å². The average molecular weight is 268 g/mol. The number of aliphatic hydroxyl groups is 1. The first-order valence-electron chi connectivity index (χ1n) is 6.54. The normalized spacial score (nSPS) is 18.3. The van der Waals surface area contributed by atoms with E-state index in [-0.39, 0.29) is 12.4 Å². The Balaban J connectivity index is 2.17. The fraction of sp³-hybridized carbons (Fsp3) is 0.571. The molecule has 1 saturated heterocycles. The third-order valence-corrected chi connectivity index (χ3v) is 3.63. The molecule has 4 nitrogen and oxygen atoms in total. The number of halogens is 1. The molecule has 1 heterocycles. The number of rotatable bonds is 4. The van der Waals surface area contributed by atoms with Crippen LogP contribution in [0.5, 0.6) is 0 Å². The third kappa shape index (κ3) is 3.23. The van der Waals surface area contributed by atoms with E-state index in [1.807, 2.05) is 6.07 Å². The van der Waals surface area contributed by atoms with Gasteiger partial charge in [-0.3, -0.25) is 0 Å². The molecule has 0 saturated carbocycles. The second-order valence-electron chi connectivity index (χ2n) is 5.14. The molecule has 19 heavy (non-hydrogen) atoms. The van der Waals surface area contributed by atoms with E-state index >= 15 is 0 Å². The van der Waals surface area contributed by atoms with Crippen LogP contribution in [0, 0.1) is 5.82 Å². The Labute approximate surface area is 113 Å². The number of ether oxygens (including phenoxy) is 1. The maximum absolute atomic E-state index is 14.0. The van der Waals surface area contributed by atoms with Gasteiger partial charge in [-0.15, -0.1) is 0 Å². The molecule has 1 fully saturated rings. The predicted molar refractivity (Wildman–Crippen MR) is 72.6 cm³/mol. The molecule has 106 valence electrons. The quantitative estimate of drug-likeness (QED) is 0.863. The first-order valence-corrected chi connectivity index (χ1v) is 6.54. The van der Waals surface area contributed by atoms with Gasteiger partial charge in [0.15, 0.2) is 0 Å². The van der Waals surface area contributed by atoms with Crippen LogP contribution in [-0.2, 0) is 11.3 Å². The molecule has 0 bridgehead atoms. The minimum atomic E-state index is -0.818. The molecule has 1 aromatic carbocycles. The van der Waals surface area contributed by atoms with Crippen molar-refractivity contribution in [2.24, 2.45) is 5.73 Å². The molecule has 0 atom stereocenters. The lowest BCUT2D eigenvalue weighted by Crippen LogP contribution is -2.46. The zero-order chi connectivity index (χ0) is 13.9. The number of benzene rings is 1. The molecule has 0 radical (unpaired) electrons. The molecule has 1 aliphatic rings. The van der Waals surface area contributed by atoms with Crippen molar-refractivity contribution < 1.29 is 14.2 Å². The lowest BCUT2D eigenvalue weighted by atomic mass is 9.93. The number of hydrogen-bond acceptors (Lipinski definition) is 4. The molecule has 3 N–H and O–H groups in total. The van der Waals surface area contributed by atoms with Gasteiger partial charge in [0.1, 0.15) is 5.82 Å². The van der Waals surface area contributed by atoms with Crippen molar-refractivity contribution in [2.45, 2.75) is 25.0 Å². The van der Waals surface area contributed by atoms with Crippen molar-refractivity contribution >= 4 is 5.69 Å². The van der Waals surface area contributed by atoms with Crippen LogP contribution in [0.2, 0.25) is 0 Å². The Morgan fingerprint density at radius 1 is 1.42 bits per heavy atom. The maximum Gasteiger partial charge on any atom is 0.146 e. The Bertz CT molecular complexity index is 433. The fourth-order valence-electron chi connectivity index (χ4n) is 2.58. The van der Waals surface area contributed by atoms with E-state index < -0.39 is 5.60 Å². The average Bonchev–Trinajstić information content (AvgIpc) is 2.38. The number of nitrogens with two attached hydrogens (primary N) is 1. The van der Waals surface area contributed by atoms with Crippen molar-refractivity contribution in [3.63, 3.8) is 0 Å². The Morgan fingerprint density at radius 3 is 2.74 bits per heavy atom. The highest BCUT2D eigenvalue weighted by Crippen LogP contribution is 2.28. The van der Waals surface area contributed by atoms with E-state index in [1.165, 1.54) is 6.07 Å². The number of hydrogen-bond donors (Lipinski definition) is 2. The first kappa shape index (κ1) is 14.2. The van der Waals surface area contributed by atoms with Crippen LogP contribution in [0.25, 0.3) is 0 Å². The summed E-state index contributed by atoms with van der Waals surface area (Å²) in [6.07, 6.45) is 1.15. The van der Waals surface area contributed by atoms with E-state index in [1.54, 1.807) is 18.0 Å². The molecule has 5 heteroatoms. The minimum Gasteiger partial charge on any atom is -0.388 e. The number of anilines is 1. The molecular formula is C14H21FN2O2. The van der Waals surface area contributed by atoms with Crippen LogP contribution in [-0.4, -0.2) is 37.5 Å². The van der Waals surface area contributed by atoms with Crippen LogP contribution < -0.4 is 10.6 Å². The summed E-state index contributed by atoms with van der Waals surface area (Å²) < 4.78 is 19.2. The minimum absolute atomic E-state index is 0.277. The molecule has 0 aliphatic carbocycles. The summed E-state index contributed by atoms with van der Waals surface area (Å²) in [5, 5.41) is 10.5. The topological polar surface area (TPSA) is 58.7 Å². The summed E-state index contributed by atoms with van der Waals surface area (Å²) in [6, 6.07) is 4.87. The maximum atomic E-state index is 14.0. The van der Waals surface area contributed by atoms with Gasteiger partial charge in [0.05, 0.1) is 11.3 Å². The molecule has 0 unspecified atom stereocenters. The van der Waals surface area contributed by atoms with E-state index in [2.05, 4.69) is 0 Å². The second-order valence-corrected chi connectivity index (χ2v) is 5.14. The molecule has 0 amide bonds. The highest BCUT2D eigenvalue weighted by Gasteiger charge is 2.32. The molecular weight excluding hydrogens is 247 g/mol. The largest absolute Gasteiger partial charge is 0.388 e. The van der Waals surface area contributed by atoms with Crippen molar-refractivity contribution in [1.29, 1.82) is 0 Å². The van der Waals surface area contributed by atoms with Gasteiger partial charge in [0.25, 0.3) is 0 Å². The number of nitrogens with zero attached hydrogens (tertiary/aromatic N) is 1. The number of likely N-dealkylation sites (N-methyl/N-ethyl adjacent to an activating group) is 1. The Hall–Kier alpha value is -1.17. The van der Waals surface area contributed by atoms with E-state index in [0.717, 1.165) is 5.56 Å². The summed E-state index contributed by atoms with van der Waals surface area (Å²) in [5.41, 5.74) is 6.05. The molecule has 0 aromatic heterocycles. The molecule has 1 aromatic rings. The zero-order valence-electron chi connectivity index (χ0n) is 11.2. The van der Waals surface area contributed by atoms with Gasteiger partial charge >= 0.3 is 0 Å². The van der Waals surface area contributed by atoms with Crippen molar-refractivity contribution in [3.05, 3.63) is 29.6 Å². The van der Waals surface area contributed by atoms with E-state index in [0.29, 0.717) is 38.3 Å². The van der Waals surface area contributed by atoms with Gasteiger partial charge in [0, 0.05) is 46.2 Å². The van der Waals surface area contributed by atoms with Gasteiger partial charge in [0.2, 0.25) is 0 Å². The van der Waals surface area contributed by atoms with Crippen LogP contribution >= 0.6 is 0 Å². The highest BCUT2D eigenvalue weighted by atomic mass is 19.1. The summed E-state index contributed by atoms with van der Waals surface area (Å²) in [4.78, 5) is 1.75. The van der Waals surface area contributed by atoms with Gasteiger partial charge in [-0.2, -0.15) is 0 Å². The first-order chi connectivity index (χ1) is 9.06. The van der Waals surface area contributed by atoms with Crippen LogP contribution in [0.3, 0.4) is 0 Å². The number of para-hydroxylation sites is 1. The Kier molecular flexibility index (Phi) is 4.39. The van der Waals surface area contributed by atoms with E-state index in [9.17, 15) is 9.50 Å². The summed E-state index contributed by atoms with van der Waals surface area (Å²) in [7, 11) is 1.78. The highest BCUT2D eigenvalue weighted by molar-refractivity contribution is 5.54. The third-order valence-electron chi connectivity index (χ3n) is 3.63. The lowest BCUT2D eigenvalue weighted by Gasteiger charge is -2.36.